The van der Waals surface area contributed by atoms with Gasteiger partial charge in [-0.25, -0.2) is 4.98 Å². The molecule has 27 heavy (non-hydrogen) atoms. The highest BCUT2D eigenvalue weighted by molar-refractivity contribution is 5.92. The number of carbonyl (C=O) groups excluding carboxylic acids is 1. The Labute approximate surface area is 164 Å². The highest BCUT2D eigenvalue weighted by Crippen LogP contribution is 2.19. The number of carbonyl (C=O) groups is 1. The first-order chi connectivity index (χ1) is 12.6. The SMILES string of the molecule is Cc1cccc2nc(CNC(=O)c3ccn(C4CCCNC4)n3)n(C)c12.Cl. The molecule has 1 aromatic carbocycles. The van der Waals surface area contributed by atoms with Crippen molar-refractivity contribution in [3.05, 3.63) is 47.5 Å². The molecule has 3 heterocycles. The fourth-order valence-corrected chi connectivity index (χ4v) is 3.64. The first-order valence-electron chi connectivity index (χ1n) is 9.08. The molecule has 2 aromatic heterocycles. The van der Waals surface area contributed by atoms with E-state index >= 15 is 0 Å². The molecular weight excluding hydrogens is 364 g/mol. The van der Waals surface area contributed by atoms with E-state index in [9.17, 15) is 4.79 Å². The molecule has 0 aliphatic carbocycles. The van der Waals surface area contributed by atoms with Gasteiger partial charge in [-0.1, -0.05) is 12.1 Å². The van der Waals surface area contributed by atoms with Gasteiger partial charge in [0.1, 0.15) is 11.5 Å². The van der Waals surface area contributed by atoms with Crippen LogP contribution in [0.5, 0.6) is 0 Å². The molecule has 1 saturated heterocycles. The third-order valence-electron chi connectivity index (χ3n) is 5.08. The number of hydrogen-bond acceptors (Lipinski definition) is 4. The molecule has 1 amide bonds. The number of halogens is 1. The summed E-state index contributed by atoms with van der Waals surface area (Å²) < 4.78 is 3.94. The maximum Gasteiger partial charge on any atom is 0.272 e. The predicted octanol–water partition coefficient (Wildman–Crippen LogP) is 2.35. The van der Waals surface area contributed by atoms with Gasteiger partial charge >= 0.3 is 0 Å². The summed E-state index contributed by atoms with van der Waals surface area (Å²) in [6.45, 7) is 4.41. The number of benzene rings is 1. The van der Waals surface area contributed by atoms with E-state index < -0.39 is 0 Å². The van der Waals surface area contributed by atoms with Gasteiger partial charge in [0, 0.05) is 19.8 Å². The molecule has 1 unspecified atom stereocenters. The molecule has 8 heteroatoms. The number of nitrogens with zero attached hydrogens (tertiary/aromatic N) is 4. The lowest BCUT2D eigenvalue weighted by atomic mass is 10.1. The van der Waals surface area contributed by atoms with E-state index in [1.54, 1.807) is 6.07 Å². The first-order valence-corrected chi connectivity index (χ1v) is 9.08. The summed E-state index contributed by atoms with van der Waals surface area (Å²) in [5, 5.41) is 10.8. The van der Waals surface area contributed by atoms with Crippen LogP contribution >= 0.6 is 12.4 Å². The lowest BCUT2D eigenvalue weighted by Gasteiger charge is -2.22. The van der Waals surface area contributed by atoms with Crippen LogP contribution in [-0.2, 0) is 13.6 Å². The van der Waals surface area contributed by atoms with E-state index in [-0.39, 0.29) is 18.3 Å². The van der Waals surface area contributed by atoms with Gasteiger partial charge in [0.25, 0.3) is 5.91 Å². The number of imidazole rings is 1. The molecule has 0 saturated carbocycles. The highest BCUT2D eigenvalue weighted by Gasteiger charge is 2.18. The van der Waals surface area contributed by atoms with Crippen molar-refractivity contribution in [2.45, 2.75) is 32.4 Å². The fraction of sp³-hybridized carbons (Fsp3) is 0.421. The number of piperidine rings is 1. The minimum atomic E-state index is -0.170. The lowest BCUT2D eigenvalue weighted by Crippen LogP contribution is -2.32. The molecule has 4 rings (SSSR count). The zero-order valence-electron chi connectivity index (χ0n) is 15.6. The molecule has 1 aliphatic rings. The summed E-state index contributed by atoms with van der Waals surface area (Å²) in [6.07, 6.45) is 4.12. The molecule has 0 spiro atoms. The minimum absolute atomic E-state index is 0. The molecule has 1 fully saturated rings. The number of fused-ring (bicyclic) bond motifs is 1. The maximum absolute atomic E-state index is 12.5. The van der Waals surface area contributed by atoms with E-state index in [0.29, 0.717) is 18.3 Å². The molecule has 0 bridgehead atoms. The third kappa shape index (κ3) is 3.84. The van der Waals surface area contributed by atoms with Gasteiger partial charge in [-0.3, -0.25) is 9.48 Å². The van der Waals surface area contributed by atoms with Gasteiger partial charge < -0.3 is 15.2 Å². The zero-order chi connectivity index (χ0) is 18.1. The monoisotopic (exact) mass is 388 g/mol. The number of para-hydroxylation sites is 1. The van der Waals surface area contributed by atoms with Gasteiger partial charge in [0.15, 0.2) is 0 Å². The summed E-state index contributed by atoms with van der Waals surface area (Å²) in [4.78, 5) is 17.1. The molecular formula is C19H25ClN6O. The second kappa shape index (κ2) is 8.10. The van der Waals surface area contributed by atoms with Crippen LogP contribution in [0, 0.1) is 6.92 Å². The van der Waals surface area contributed by atoms with Crippen LogP contribution in [0.1, 0.15) is 40.8 Å². The molecule has 3 aromatic rings. The Hall–Kier alpha value is -2.38. The van der Waals surface area contributed by atoms with E-state index in [1.807, 2.05) is 34.6 Å². The number of nitrogens with one attached hydrogen (secondary N) is 2. The summed E-state index contributed by atoms with van der Waals surface area (Å²) in [7, 11) is 1.98. The summed E-state index contributed by atoms with van der Waals surface area (Å²) in [5.41, 5.74) is 3.68. The van der Waals surface area contributed by atoms with Crippen molar-refractivity contribution in [2.24, 2.45) is 7.05 Å². The Bertz CT molecular complexity index is 941. The second-order valence-electron chi connectivity index (χ2n) is 6.89. The first kappa shape index (κ1) is 19.4. The minimum Gasteiger partial charge on any atom is -0.343 e. The van der Waals surface area contributed by atoms with E-state index in [0.717, 1.165) is 42.8 Å². The number of aromatic nitrogens is 4. The second-order valence-corrected chi connectivity index (χ2v) is 6.89. The van der Waals surface area contributed by atoms with Crippen molar-refractivity contribution in [1.82, 2.24) is 30.0 Å². The van der Waals surface area contributed by atoms with E-state index in [2.05, 4.69) is 33.7 Å². The summed E-state index contributed by atoms with van der Waals surface area (Å²) in [6, 6.07) is 8.17. The fourth-order valence-electron chi connectivity index (χ4n) is 3.64. The number of hydrogen-bond donors (Lipinski definition) is 2. The zero-order valence-corrected chi connectivity index (χ0v) is 16.4. The van der Waals surface area contributed by atoms with Crippen LogP contribution in [0.3, 0.4) is 0 Å². The number of amides is 1. The molecule has 0 radical (unpaired) electrons. The summed E-state index contributed by atoms with van der Waals surface area (Å²) in [5.74, 6) is 0.662. The van der Waals surface area contributed by atoms with Gasteiger partial charge in [0.05, 0.1) is 23.6 Å². The predicted molar refractivity (Wildman–Crippen MR) is 107 cm³/mol. The Balaban J connectivity index is 0.00000210. The Kier molecular flexibility index (Phi) is 5.82. The Morgan fingerprint density at radius 3 is 2.96 bits per heavy atom. The van der Waals surface area contributed by atoms with Crippen molar-refractivity contribution in [3.8, 4) is 0 Å². The quantitative estimate of drug-likeness (QED) is 0.719. The van der Waals surface area contributed by atoms with Crippen molar-refractivity contribution >= 4 is 29.3 Å². The summed E-state index contributed by atoms with van der Waals surface area (Å²) >= 11 is 0. The molecule has 1 atom stereocenters. The van der Waals surface area contributed by atoms with Crippen LogP contribution < -0.4 is 10.6 Å². The Morgan fingerprint density at radius 1 is 1.37 bits per heavy atom. The van der Waals surface area contributed by atoms with Crippen molar-refractivity contribution in [1.29, 1.82) is 0 Å². The largest absolute Gasteiger partial charge is 0.343 e. The van der Waals surface area contributed by atoms with E-state index in [4.69, 9.17) is 0 Å². The van der Waals surface area contributed by atoms with E-state index in [1.165, 1.54) is 5.56 Å². The number of rotatable bonds is 4. The van der Waals surface area contributed by atoms with Gasteiger partial charge in [-0.15, -0.1) is 12.4 Å². The van der Waals surface area contributed by atoms with Gasteiger partial charge in [-0.2, -0.15) is 5.10 Å². The number of aryl methyl sites for hydroxylation is 2. The van der Waals surface area contributed by atoms with Crippen molar-refractivity contribution in [2.75, 3.05) is 13.1 Å². The average molecular weight is 389 g/mol. The normalized spacial score (nSPS) is 16.9. The van der Waals surface area contributed by atoms with Crippen molar-refractivity contribution < 1.29 is 4.79 Å². The average Bonchev–Trinajstić information content (AvgIpc) is 3.27. The van der Waals surface area contributed by atoms with Crippen LogP contribution in [0.25, 0.3) is 11.0 Å². The standard InChI is InChI=1S/C19H24N6O.ClH/c1-13-5-3-7-15-18(13)24(2)17(22-15)12-21-19(26)16-8-10-25(23-16)14-6-4-9-20-11-14;/h3,5,7-8,10,14,20H,4,6,9,11-12H2,1-2H3,(H,21,26);1H. The third-order valence-corrected chi connectivity index (χ3v) is 5.08. The maximum atomic E-state index is 12.5. The van der Waals surface area contributed by atoms with Crippen LogP contribution in [0.2, 0.25) is 0 Å². The van der Waals surface area contributed by atoms with Crippen LogP contribution in [0.15, 0.2) is 30.5 Å². The topological polar surface area (TPSA) is 76.8 Å². The van der Waals surface area contributed by atoms with Crippen molar-refractivity contribution in [3.63, 3.8) is 0 Å². The molecule has 1 aliphatic heterocycles. The smallest absolute Gasteiger partial charge is 0.272 e. The lowest BCUT2D eigenvalue weighted by molar-refractivity contribution is 0.0943. The van der Waals surface area contributed by atoms with Gasteiger partial charge in [-0.05, 0) is 44.0 Å². The molecule has 144 valence electrons. The molecule has 2 N–H and O–H groups in total. The Morgan fingerprint density at radius 2 is 2.22 bits per heavy atom. The molecule has 7 nitrogen and oxygen atoms in total. The highest BCUT2D eigenvalue weighted by atomic mass is 35.5. The van der Waals surface area contributed by atoms with Crippen LogP contribution in [0.4, 0.5) is 0 Å². The van der Waals surface area contributed by atoms with Gasteiger partial charge in [0.2, 0.25) is 0 Å². The van der Waals surface area contributed by atoms with Crippen LogP contribution in [-0.4, -0.2) is 38.3 Å².